The maximum atomic E-state index is 12.0. The van der Waals surface area contributed by atoms with E-state index in [1.807, 2.05) is 13.8 Å². The van der Waals surface area contributed by atoms with Gasteiger partial charge in [-0.1, -0.05) is 19.1 Å². The highest BCUT2D eigenvalue weighted by atomic mass is 19.3. The SMILES string of the molecule is CCC(C)NC(=O)CCNCc1ccc(OC(F)F)cc1. The predicted octanol–water partition coefficient (Wildman–Crippen LogP) is 2.68. The Balaban J connectivity index is 2.22. The van der Waals surface area contributed by atoms with Gasteiger partial charge in [0.25, 0.3) is 0 Å². The molecule has 1 unspecified atom stereocenters. The lowest BCUT2D eigenvalue weighted by molar-refractivity contribution is -0.121. The van der Waals surface area contributed by atoms with Crippen molar-refractivity contribution in [2.45, 2.75) is 45.9 Å². The Hall–Kier alpha value is -1.69. The fraction of sp³-hybridized carbons (Fsp3) is 0.533. The molecule has 0 heterocycles. The maximum Gasteiger partial charge on any atom is 0.387 e. The van der Waals surface area contributed by atoms with Crippen LogP contribution in [0.25, 0.3) is 0 Å². The molecule has 0 aliphatic carbocycles. The molecule has 0 saturated heterocycles. The van der Waals surface area contributed by atoms with Crippen LogP contribution in [-0.2, 0) is 11.3 Å². The Bertz CT molecular complexity index is 424. The van der Waals surface area contributed by atoms with Gasteiger partial charge in [-0.2, -0.15) is 8.78 Å². The fourth-order valence-corrected chi connectivity index (χ4v) is 1.67. The van der Waals surface area contributed by atoms with Crippen LogP contribution in [0.2, 0.25) is 0 Å². The minimum Gasteiger partial charge on any atom is -0.435 e. The average molecular weight is 300 g/mol. The van der Waals surface area contributed by atoms with E-state index in [1.54, 1.807) is 12.1 Å². The monoisotopic (exact) mass is 300 g/mol. The van der Waals surface area contributed by atoms with Crippen LogP contribution in [0, 0.1) is 0 Å². The van der Waals surface area contributed by atoms with Crippen LogP contribution in [0.15, 0.2) is 24.3 Å². The van der Waals surface area contributed by atoms with Gasteiger partial charge in [-0.3, -0.25) is 4.79 Å². The highest BCUT2D eigenvalue weighted by Crippen LogP contribution is 2.14. The van der Waals surface area contributed by atoms with Crippen molar-refractivity contribution in [2.75, 3.05) is 6.54 Å². The number of amides is 1. The second-order valence-electron chi connectivity index (χ2n) is 4.83. The Morgan fingerprint density at radius 1 is 1.29 bits per heavy atom. The Morgan fingerprint density at radius 3 is 2.52 bits per heavy atom. The first-order valence-electron chi connectivity index (χ1n) is 7.05. The molecule has 21 heavy (non-hydrogen) atoms. The molecule has 2 N–H and O–H groups in total. The van der Waals surface area contributed by atoms with E-state index in [9.17, 15) is 13.6 Å². The van der Waals surface area contributed by atoms with Crippen LogP contribution in [0.3, 0.4) is 0 Å². The molecule has 0 aromatic heterocycles. The van der Waals surface area contributed by atoms with Gasteiger partial charge in [-0.05, 0) is 31.0 Å². The van der Waals surface area contributed by atoms with Crippen molar-refractivity contribution in [1.82, 2.24) is 10.6 Å². The number of hydrogen-bond donors (Lipinski definition) is 2. The van der Waals surface area contributed by atoms with Gasteiger partial charge in [0.05, 0.1) is 0 Å². The predicted molar refractivity (Wildman–Crippen MR) is 77.3 cm³/mol. The van der Waals surface area contributed by atoms with Gasteiger partial charge in [-0.25, -0.2) is 0 Å². The zero-order valence-corrected chi connectivity index (χ0v) is 12.4. The number of carbonyl (C=O) groups excluding carboxylic acids is 1. The number of carbonyl (C=O) groups is 1. The highest BCUT2D eigenvalue weighted by molar-refractivity contribution is 5.76. The lowest BCUT2D eigenvalue weighted by Gasteiger charge is -2.11. The number of benzene rings is 1. The molecule has 6 heteroatoms. The fourth-order valence-electron chi connectivity index (χ4n) is 1.67. The van der Waals surface area contributed by atoms with Crippen LogP contribution in [0.5, 0.6) is 5.75 Å². The number of hydrogen-bond acceptors (Lipinski definition) is 3. The van der Waals surface area contributed by atoms with Gasteiger partial charge in [0.15, 0.2) is 0 Å². The van der Waals surface area contributed by atoms with Crippen LogP contribution >= 0.6 is 0 Å². The first-order chi connectivity index (χ1) is 10.0. The summed E-state index contributed by atoms with van der Waals surface area (Å²) in [5.74, 6) is 0.166. The van der Waals surface area contributed by atoms with Crippen LogP contribution in [-0.4, -0.2) is 25.1 Å². The maximum absolute atomic E-state index is 12.0. The summed E-state index contributed by atoms with van der Waals surface area (Å²) in [5, 5.41) is 6.02. The van der Waals surface area contributed by atoms with E-state index in [-0.39, 0.29) is 17.7 Å². The first kappa shape index (κ1) is 17.4. The van der Waals surface area contributed by atoms with Crippen molar-refractivity contribution < 1.29 is 18.3 Å². The molecule has 118 valence electrons. The van der Waals surface area contributed by atoms with Crippen LogP contribution in [0.4, 0.5) is 8.78 Å². The minimum absolute atomic E-state index is 0.0255. The van der Waals surface area contributed by atoms with E-state index in [4.69, 9.17) is 0 Å². The molecule has 1 aromatic rings. The highest BCUT2D eigenvalue weighted by Gasteiger charge is 2.05. The molecule has 4 nitrogen and oxygen atoms in total. The summed E-state index contributed by atoms with van der Waals surface area (Å²) in [6.45, 7) is 2.32. The molecule has 0 fully saturated rings. The molecule has 0 spiro atoms. The van der Waals surface area contributed by atoms with Gasteiger partial charge >= 0.3 is 6.61 Å². The third-order valence-electron chi connectivity index (χ3n) is 3.03. The summed E-state index contributed by atoms with van der Waals surface area (Å²) in [6.07, 6.45) is 1.32. The molecule has 1 amide bonds. The van der Waals surface area contributed by atoms with E-state index < -0.39 is 6.61 Å². The van der Waals surface area contributed by atoms with Gasteiger partial charge < -0.3 is 15.4 Å². The summed E-state index contributed by atoms with van der Waals surface area (Å²) in [5.41, 5.74) is 0.943. The van der Waals surface area contributed by atoms with Crippen molar-refractivity contribution in [3.05, 3.63) is 29.8 Å². The number of alkyl halides is 2. The molecule has 0 radical (unpaired) electrons. The van der Waals surface area contributed by atoms with Crippen molar-refractivity contribution in [1.29, 1.82) is 0 Å². The van der Waals surface area contributed by atoms with Gasteiger partial charge in [0.1, 0.15) is 5.75 Å². The quantitative estimate of drug-likeness (QED) is 0.689. The summed E-state index contributed by atoms with van der Waals surface area (Å²) in [7, 11) is 0. The van der Waals surface area contributed by atoms with Crippen LogP contribution in [0.1, 0.15) is 32.3 Å². The lowest BCUT2D eigenvalue weighted by Crippen LogP contribution is -2.33. The molecular formula is C15H22F2N2O2. The van der Waals surface area contributed by atoms with Gasteiger partial charge in [0, 0.05) is 25.6 Å². The Morgan fingerprint density at radius 2 is 1.95 bits per heavy atom. The second kappa shape index (κ2) is 9.28. The molecule has 1 aromatic carbocycles. The number of halogens is 2. The molecule has 1 rings (SSSR count). The molecule has 0 aliphatic rings. The molecule has 0 saturated carbocycles. The summed E-state index contributed by atoms with van der Waals surface area (Å²) >= 11 is 0. The zero-order valence-electron chi connectivity index (χ0n) is 12.4. The number of nitrogens with one attached hydrogen (secondary N) is 2. The standard InChI is InChI=1S/C15H22F2N2O2/c1-3-11(2)19-14(20)8-9-18-10-12-4-6-13(7-5-12)21-15(16)17/h4-7,11,15,18H,3,8-10H2,1-2H3,(H,19,20). The number of rotatable bonds is 9. The second-order valence-corrected chi connectivity index (χ2v) is 4.83. The van der Waals surface area contributed by atoms with Crippen molar-refractivity contribution >= 4 is 5.91 Å². The third kappa shape index (κ3) is 7.60. The van der Waals surface area contributed by atoms with Crippen LogP contribution < -0.4 is 15.4 Å². The summed E-state index contributed by atoms with van der Waals surface area (Å²) in [4.78, 5) is 11.5. The topological polar surface area (TPSA) is 50.4 Å². The Labute approximate surface area is 123 Å². The van der Waals surface area contributed by atoms with Gasteiger partial charge in [-0.15, -0.1) is 0 Å². The summed E-state index contributed by atoms with van der Waals surface area (Å²) in [6, 6.07) is 6.62. The normalized spacial score (nSPS) is 12.2. The van der Waals surface area contributed by atoms with E-state index in [0.717, 1.165) is 12.0 Å². The zero-order chi connectivity index (χ0) is 15.7. The Kier molecular flexibility index (Phi) is 7.68. The third-order valence-corrected chi connectivity index (χ3v) is 3.03. The first-order valence-corrected chi connectivity index (χ1v) is 7.05. The van der Waals surface area contributed by atoms with E-state index in [1.165, 1.54) is 12.1 Å². The van der Waals surface area contributed by atoms with Gasteiger partial charge in [0.2, 0.25) is 5.91 Å². The molecular weight excluding hydrogens is 278 g/mol. The van der Waals surface area contributed by atoms with Crippen molar-refractivity contribution in [3.8, 4) is 5.75 Å². The minimum atomic E-state index is -2.81. The number of ether oxygens (including phenoxy) is 1. The van der Waals surface area contributed by atoms with E-state index >= 15 is 0 Å². The van der Waals surface area contributed by atoms with Crippen molar-refractivity contribution in [2.24, 2.45) is 0 Å². The summed E-state index contributed by atoms with van der Waals surface area (Å²) < 4.78 is 28.2. The molecule has 0 aliphatic heterocycles. The lowest BCUT2D eigenvalue weighted by atomic mass is 10.2. The smallest absolute Gasteiger partial charge is 0.387 e. The van der Waals surface area contributed by atoms with E-state index in [0.29, 0.717) is 19.5 Å². The van der Waals surface area contributed by atoms with E-state index in [2.05, 4.69) is 15.4 Å². The largest absolute Gasteiger partial charge is 0.435 e. The average Bonchev–Trinajstić information content (AvgIpc) is 2.44. The van der Waals surface area contributed by atoms with Crippen molar-refractivity contribution in [3.63, 3.8) is 0 Å². The molecule has 1 atom stereocenters. The molecule has 0 bridgehead atoms.